The molecule has 2 rings (SSSR count). The number of halogens is 6. The monoisotopic (exact) mass is 368 g/mol. The lowest BCUT2D eigenvalue weighted by atomic mass is 10.2. The van der Waals surface area contributed by atoms with E-state index in [4.69, 9.17) is 11.7 Å². The number of anilines is 2. The van der Waals surface area contributed by atoms with E-state index in [-0.39, 0.29) is 11.4 Å². The van der Waals surface area contributed by atoms with Crippen LogP contribution in [0, 0.1) is 0 Å². The van der Waals surface area contributed by atoms with Crippen LogP contribution < -0.4 is 27.3 Å². The van der Waals surface area contributed by atoms with Crippen molar-refractivity contribution in [3.63, 3.8) is 0 Å². The number of nitrogens with two attached hydrogens (primary N) is 2. The smallest absolute Gasteiger partial charge is 0.406 e. The molecular weight excluding hydrogens is 354 g/mol. The first-order valence-corrected chi connectivity index (χ1v) is 6.52. The van der Waals surface area contributed by atoms with Gasteiger partial charge in [-0.25, -0.2) is 0 Å². The first-order valence-electron chi connectivity index (χ1n) is 6.52. The Morgan fingerprint density at radius 2 is 1.32 bits per heavy atom. The third-order valence-corrected chi connectivity index (χ3v) is 2.64. The highest BCUT2D eigenvalue weighted by Crippen LogP contribution is 2.33. The number of hydrogen-bond acceptors (Lipinski definition) is 5. The summed E-state index contributed by atoms with van der Waals surface area (Å²) in [5.41, 5.74) is 3.89. The molecule has 0 bridgehead atoms. The Labute approximate surface area is 138 Å². The summed E-state index contributed by atoms with van der Waals surface area (Å²) in [5.74, 6) is 9.64. The largest absolute Gasteiger partial charge is 0.573 e. The minimum Gasteiger partial charge on any atom is -0.406 e. The Balaban J connectivity index is 0.000000251. The van der Waals surface area contributed by atoms with Crippen molar-refractivity contribution in [2.45, 2.75) is 12.5 Å². The Kier molecular flexibility index (Phi) is 6.88. The number of hydrazine groups is 2. The summed E-state index contributed by atoms with van der Waals surface area (Å²) in [6, 6.07) is 10.1. The van der Waals surface area contributed by atoms with Crippen molar-refractivity contribution in [3.05, 3.63) is 54.1 Å². The predicted octanol–water partition coefficient (Wildman–Crippen LogP) is 3.86. The van der Waals surface area contributed by atoms with Gasteiger partial charge in [-0.3, -0.25) is 11.7 Å². The van der Waals surface area contributed by atoms with Gasteiger partial charge in [0.2, 0.25) is 0 Å². The highest BCUT2D eigenvalue weighted by atomic mass is 19.4. The fourth-order valence-electron chi connectivity index (χ4n) is 1.61. The van der Waals surface area contributed by atoms with E-state index in [0.717, 1.165) is 6.07 Å². The number of benzene rings is 2. The molecule has 138 valence electrons. The third kappa shape index (κ3) is 7.18. The average molecular weight is 368 g/mol. The molecule has 0 aliphatic heterocycles. The highest BCUT2D eigenvalue weighted by Gasteiger charge is 2.33. The van der Waals surface area contributed by atoms with Crippen molar-refractivity contribution in [3.8, 4) is 5.75 Å². The van der Waals surface area contributed by atoms with Gasteiger partial charge in [0.15, 0.2) is 0 Å². The molecule has 0 atom stereocenters. The minimum atomic E-state index is -4.66. The van der Waals surface area contributed by atoms with Crippen LogP contribution in [0.3, 0.4) is 0 Å². The molecule has 0 amide bonds. The van der Waals surface area contributed by atoms with Crippen LogP contribution in [0.4, 0.5) is 37.7 Å². The summed E-state index contributed by atoms with van der Waals surface area (Å²) in [6.07, 6.45) is -9.01. The second kappa shape index (κ2) is 8.44. The number of ether oxygens (including phenoxy) is 1. The molecule has 2 aromatic carbocycles. The lowest BCUT2D eigenvalue weighted by Crippen LogP contribution is -2.17. The molecule has 0 heterocycles. The molecule has 0 fully saturated rings. The molecule has 25 heavy (non-hydrogen) atoms. The zero-order chi connectivity index (χ0) is 19.1. The summed E-state index contributed by atoms with van der Waals surface area (Å²) in [6.45, 7) is 0. The number of rotatable bonds is 3. The SMILES string of the molecule is NNc1ccc(OC(F)(F)F)cc1.NNc1ccccc1C(F)(F)F. The maximum atomic E-state index is 12.1. The third-order valence-electron chi connectivity index (χ3n) is 2.64. The molecule has 0 saturated carbocycles. The highest BCUT2D eigenvalue weighted by molar-refractivity contribution is 5.51. The van der Waals surface area contributed by atoms with Crippen LogP contribution in [0.1, 0.15) is 5.56 Å². The van der Waals surface area contributed by atoms with Crippen molar-refractivity contribution in [1.82, 2.24) is 0 Å². The van der Waals surface area contributed by atoms with Crippen LogP contribution in [-0.4, -0.2) is 6.36 Å². The summed E-state index contributed by atoms with van der Waals surface area (Å²) >= 11 is 0. The molecular formula is C14H14F6N4O. The molecule has 6 N–H and O–H groups in total. The van der Waals surface area contributed by atoms with Crippen molar-refractivity contribution < 1.29 is 31.1 Å². The van der Waals surface area contributed by atoms with Gasteiger partial charge in [-0.05, 0) is 36.4 Å². The Morgan fingerprint density at radius 3 is 1.72 bits per heavy atom. The number of nitrogens with one attached hydrogen (secondary N) is 2. The van der Waals surface area contributed by atoms with E-state index in [1.807, 2.05) is 5.43 Å². The molecule has 0 aliphatic carbocycles. The number of nitrogen functional groups attached to an aromatic ring is 2. The normalized spacial score (nSPS) is 11.2. The fraction of sp³-hybridized carbons (Fsp3) is 0.143. The predicted molar refractivity (Wildman–Crippen MR) is 80.2 cm³/mol. The zero-order valence-electron chi connectivity index (χ0n) is 12.4. The van der Waals surface area contributed by atoms with Gasteiger partial charge in [-0.1, -0.05) is 12.1 Å². The first kappa shape index (κ1) is 20.4. The van der Waals surface area contributed by atoms with E-state index in [1.165, 1.54) is 42.5 Å². The van der Waals surface area contributed by atoms with Crippen LogP contribution in [0.2, 0.25) is 0 Å². The maximum absolute atomic E-state index is 12.1. The summed E-state index contributed by atoms with van der Waals surface area (Å²) in [5, 5.41) is 0. The second-order valence-corrected chi connectivity index (χ2v) is 4.40. The van der Waals surface area contributed by atoms with Crippen molar-refractivity contribution >= 4 is 11.4 Å². The summed E-state index contributed by atoms with van der Waals surface area (Å²) < 4.78 is 75.0. The number of hydrogen-bond donors (Lipinski definition) is 4. The Bertz CT molecular complexity index is 658. The molecule has 0 aliphatic rings. The van der Waals surface area contributed by atoms with E-state index >= 15 is 0 Å². The topological polar surface area (TPSA) is 85.3 Å². The van der Waals surface area contributed by atoms with Crippen LogP contribution in [-0.2, 0) is 6.18 Å². The molecule has 0 radical (unpaired) electrons. The molecule has 2 aromatic rings. The molecule has 0 saturated heterocycles. The van der Waals surface area contributed by atoms with Crippen molar-refractivity contribution in [1.29, 1.82) is 0 Å². The second-order valence-electron chi connectivity index (χ2n) is 4.40. The van der Waals surface area contributed by atoms with Gasteiger partial charge in [0.25, 0.3) is 0 Å². The van der Waals surface area contributed by atoms with Crippen molar-refractivity contribution in [2.75, 3.05) is 10.9 Å². The van der Waals surface area contributed by atoms with Gasteiger partial charge < -0.3 is 15.6 Å². The molecule has 0 spiro atoms. The van der Waals surface area contributed by atoms with E-state index in [9.17, 15) is 26.3 Å². The lowest BCUT2D eigenvalue weighted by molar-refractivity contribution is -0.274. The maximum Gasteiger partial charge on any atom is 0.573 e. The molecule has 0 unspecified atom stereocenters. The van der Waals surface area contributed by atoms with Gasteiger partial charge in [0.05, 0.1) is 11.3 Å². The zero-order valence-corrected chi connectivity index (χ0v) is 12.4. The Morgan fingerprint density at radius 1 is 0.760 bits per heavy atom. The molecule has 5 nitrogen and oxygen atoms in total. The van der Waals surface area contributed by atoms with Gasteiger partial charge in [0, 0.05) is 5.69 Å². The first-order chi connectivity index (χ1) is 11.6. The van der Waals surface area contributed by atoms with Crippen LogP contribution in [0.5, 0.6) is 5.75 Å². The average Bonchev–Trinajstić information content (AvgIpc) is 2.54. The Hall–Kier alpha value is -2.66. The lowest BCUT2D eigenvalue weighted by Gasteiger charge is -2.10. The van der Waals surface area contributed by atoms with E-state index in [2.05, 4.69) is 10.2 Å². The quantitative estimate of drug-likeness (QED) is 0.376. The summed E-state index contributed by atoms with van der Waals surface area (Å²) in [4.78, 5) is 0. The van der Waals surface area contributed by atoms with E-state index in [1.54, 1.807) is 0 Å². The summed E-state index contributed by atoms with van der Waals surface area (Å²) in [7, 11) is 0. The molecule has 0 aromatic heterocycles. The van der Waals surface area contributed by atoms with E-state index < -0.39 is 18.1 Å². The van der Waals surface area contributed by atoms with Gasteiger partial charge in [0.1, 0.15) is 5.75 Å². The standard InChI is InChI=1S/C7H7F3N2O.C7H7F3N2/c8-7(9,10)13-6-3-1-5(12-11)2-4-6;8-7(9,10)5-3-1-2-4-6(5)12-11/h1-4,12H,11H2;1-4,12H,11H2. The number of alkyl halides is 6. The molecule has 11 heteroatoms. The van der Waals surface area contributed by atoms with Gasteiger partial charge in [-0.15, -0.1) is 13.2 Å². The number of para-hydroxylation sites is 1. The van der Waals surface area contributed by atoms with Gasteiger partial charge in [-0.2, -0.15) is 13.2 Å². The van der Waals surface area contributed by atoms with Crippen LogP contribution in [0.15, 0.2) is 48.5 Å². The van der Waals surface area contributed by atoms with Gasteiger partial charge >= 0.3 is 12.5 Å². The van der Waals surface area contributed by atoms with Crippen molar-refractivity contribution in [2.24, 2.45) is 11.7 Å². The van der Waals surface area contributed by atoms with Crippen LogP contribution >= 0.6 is 0 Å². The van der Waals surface area contributed by atoms with E-state index in [0.29, 0.717) is 5.69 Å². The minimum absolute atomic E-state index is 0.120. The van der Waals surface area contributed by atoms with Crippen LogP contribution in [0.25, 0.3) is 0 Å². The fourth-order valence-corrected chi connectivity index (χ4v) is 1.61.